The molecule has 4 rings (SSSR count). The molecule has 0 radical (unpaired) electrons. The van der Waals surface area contributed by atoms with E-state index in [1.165, 1.54) is 11.8 Å². The Morgan fingerprint density at radius 2 is 1.97 bits per heavy atom. The summed E-state index contributed by atoms with van der Waals surface area (Å²) < 4.78 is 5.60. The highest BCUT2D eigenvalue weighted by Crippen LogP contribution is 2.34. The van der Waals surface area contributed by atoms with Crippen LogP contribution in [0.3, 0.4) is 0 Å². The zero-order valence-electron chi connectivity index (χ0n) is 15.4. The van der Waals surface area contributed by atoms with Crippen LogP contribution in [-0.4, -0.2) is 22.6 Å². The fourth-order valence-electron chi connectivity index (χ4n) is 2.85. The van der Waals surface area contributed by atoms with Gasteiger partial charge in [0.2, 0.25) is 0 Å². The Kier molecular flexibility index (Phi) is 5.71. The van der Waals surface area contributed by atoms with E-state index in [0.717, 1.165) is 32.1 Å². The number of pyridine rings is 1. The van der Waals surface area contributed by atoms with Crippen LogP contribution in [-0.2, 0) is 4.79 Å². The Bertz CT molecular complexity index is 1150. The standard InChI is InChI=1S/C21H16ClN3O2S2/c1-2-27-15-5-8-17-12(10-15)9-13(11-18-19(26)25-21(28)24-18)20(23-17)29-16-6-3-14(22)4-7-16/h3-11H,2H2,1H3,(H2,24,25,26,28)/b18-11-. The van der Waals surface area contributed by atoms with Gasteiger partial charge in [-0.3, -0.25) is 10.1 Å². The Balaban J connectivity index is 1.81. The number of carbonyl (C=O) groups is 1. The molecule has 8 heteroatoms. The molecule has 0 unspecified atom stereocenters. The van der Waals surface area contributed by atoms with E-state index in [9.17, 15) is 4.79 Å². The number of benzene rings is 2. The van der Waals surface area contributed by atoms with Crippen molar-refractivity contribution in [3.63, 3.8) is 0 Å². The zero-order valence-corrected chi connectivity index (χ0v) is 17.8. The number of fused-ring (bicyclic) bond motifs is 1. The molecule has 0 bridgehead atoms. The van der Waals surface area contributed by atoms with Crippen LogP contribution in [0.5, 0.6) is 5.75 Å². The van der Waals surface area contributed by atoms with Crippen molar-refractivity contribution in [2.45, 2.75) is 16.8 Å². The van der Waals surface area contributed by atoms with Gasteiger partial charge in [0, 0.05) is 20.9 Å². The molecule has 1 fully saturated rings. The maximum absolute atomic E-state index is 12.1. The van der Waals surface area contributed by atoms with Gasteiger partial charge in [-0.05, 0) is 73.7 Å². The fourth-order valence-corrected chi connectivity index (χ4v) is 4.05. The largest absolute Gasteiger partial charge is 0.494 e. The Morgan fingerprint density at radius 3 is 2.66 bits per heavy atom. The van der Waals surface area contributed by atoms with Gasteiger partial charge in [-0.15, -0.1) is 0 Å². The number of nitrogens with one attached hydrogen (secondary N) is 2. The van der Waals surface area contributed by atoms with E-state index in [4.69, 9.17) is 33.5 Å². The van der Waals surface area contributed by atoms with Gasteiger partial charge in [-0.1, -0.05) is 23.4 Å². The van der Waals surface area contributed by atoms with E-state index in [1.807, 2.05) is 55.5 Å². The Labute approximate surface area is 182 Å². The predicted molar refractivity (Wildman–Crippen MR) is 120 cm³/mol. The minimum atomic E-state index is -0.263. The van der Waals surface area contributed by atoms with E-state index in [-0.39, 0.29) is 5.91 Å². The number of amides is 1. The Hall–Kier alpha value is -2.61. The number of aromatic nitrogens is 1. The molecular formula is C21H16ClN3O2S2. The fraction of sp³-hybridized carbons (Fsp3) is 0.0952. The highest BCUT2D eigenvalue weighted by molar-refractivity contribution is 7.99. The highest BCUT2D eigenvalue weighted by atomic mass is 35.5. The lowest BCUT2D eigenvalue weighted by Crippen LogP contribution is -2.21. The summed E-state index contributed by atoms with van der Waals surface area (Å²) in [6.45, 7) is 2.53. The van der Waals surface area contributed by atoms with Gasteiger partial charge in [-0.2, -0.15) is 0 Å². The van der Waals surface area contributed by atoms with Gasteiger partial charge in [0.15, 0.2) is 5.11 Å². The lowest BCUT2D eigenvalue weighted by molar-refractivity contribution is -0.115. The SMILES string of the molecule is CCOc1ccc2nc(Sc3ccc(Cl)cc3)c(/C=C3\NC(=S)NC3=O)cc2c1. The third-order valence-electron chi connectivity index (χ3n) is 4.14. The summed E-state index contributed by atoms with van der Waals surface area (Å²) in [6, 6.07) is 15.3. The minimum absolute atomic E-state index is 0.263. The highest BCUT2D eigenvalue weighted by Gasteiger charge is 2.21. The molecule has 3 aromatic rings. The van der Waals surface area contributed by atoms with Crippen molar-refractivity contribution < 1.29 is 9.53 Å². The van der Waals surface area contributed by atoms with Crippen molar-refractivity contribution >= 4 is 63.6 Å². The molecule has 1 saturated heterocycles. The molecule has 0 atom stereocenters. The maximum Gasteiger partial charge on any atom is 0.273 e. The van der Waals surface area contributed by atoms with Crippen LogP contribution in [0.25, 0.3) is 17.0 Å². The predicted octanol–water partition coefficient (Wildman–Crippen LogP) is 4.78. The van der Waals surface area contributed by atoms with Crippen LogP contribution in [0, 0.1) is 0 Å². The molecule has 1 amide bonds. The van der Waals surface area contributed by atoms with Gasteiger partial charge in [0.05, 0.1) is 12.1 Å². The summed E-state index contributed by atoms with van der Waals surface area (Å²) in [5.74, 6) is 0.511. The van der Waals surface area contributed by atoms with Crippen LogP contribution in [0.15, 0.2) is 64.1 Å². The number of ether oxygens (including phenoxy) is 1. The van der Waals surface area contributed by atoms with Crippen LogP contribution in [0.2, 0.25) is 5.02 Å². The van der Waals surface area contributed by atoms with Crippen LogP contribution < -0.4 is 15.4 Å². The molecule has 29 heavy (non-hydrogen) atoms. The van der Waals surface area contributed by atoms with E-state index in [0.29, 0.717) is 22.4 Å². The molecule has 0 aliphatic carbocycles. The lowest BCUT2D eigenvalue weighted by atomic mass is 10.1. The average Bonchev–Trinajstić information content (AvgIpc) is 3.01. The maximum atomic E-state index is 12.1. The van der Waals surface area contributed by atoms with Crippen LogP contribution in [0.1, 0.15) is 12.5 Å². The average molecular weight is 442 g/mol. The van der Waals surface area contributed by atoms with E-state index in [2.05, 4.69) is 10.6 Å². The quantitative estimate of drug-likeness (QED) is 0.438. The van der Waals surface area contributed by atoms with Crippen LogP contribution >= 0.6 is 35.6 Å². The molecule has 1 aromatic heterocycles. The number of nitrogens with zero attached hydrogens (tertiary/aromatic N) is 1. The zero-order chi connectivity index (χ0) is 20.4. The van der Waals surface area contributed by atoms with Crippen molar-refractivity contribution in [1.82, 2.24) is 15.6 Å². The molecule has 5 nitrogen and oxygen atoms in total. The molecule has 1 aliphatic rings. The molecule has 0 saturated carbocycles. The normalized spacial score (nSPS) is 14.9. The molecular weight excluding hydrogens is 426 g/mol. The van der Waals surface area contributed by atoms with Crippen molar-refractivity contribution in [2.24, 2.45) is 0 Å². The topological polar surface area (TPSA) is 63.2 Å². The first-order valence-corrected chi connectivity index (χ1v) is 10.5. The number of rotatable bonds is 5. The first kappa shape index (κ1) is 19.7. The smallest absolute Gasteiger partial charge is 0.273 e. The second kappa shape index (κ2) is 8.41. The third kappa shape index (κ3) is 4.53. The minimum Gasteiger partial charge on any atom is -0.494 e. The van der Waals surface area contributed by atoms with Gasteiger partial charge in [0.1, 0.15) is 16.5 Å². The third-order valence-corrected chi connectivity index (χ3v) is 5.62. The number of carbonyl (C=O) groups excluding carboxylic acids is 1. The molecule has 2 N–H and O–H groups in total. The first-order chi connectivity index (χ1) is 14.0. The summed E-state index contributed by atoms with van der Waals surface area (Å²) in [4.78, 5) is 17.9. The van der Waals surface area contributed by atoms with Crippen molar-refractivity contribution in [1.29, 1.82) is 0 Å². The monoisotopic (exact) mass is 441 g/mol. The Morgan fingerprint density at radius 1 is 1.17 bits per heavy atom. The molecule has 0 spiro atoms. The van der Waals surface area contributed by atoms with E-state index < -0.39 is 0 Å². The number of hydrogen-bond donors (Lipinski definition) is 2. The molecule has 146 valence electrons. The number of thiocarbonyl (C=S) groups is 1. The molecule has 2 aromatic carbocycles. The molecule has 2 heterocycles. The lowest BCUT2D eigenvalue weighted by Gasteiger charge is -2.10. The van der Waals surface area contributed by atoms with Gasteiger partial charge >= 0.3 is 0 Å². The van der Waals surface area contributed by atoms with Crippen molar-refractivity contribution in [2.75, 3.05) is 6.61 Å². The van der Waals surface area contributed by atoms with Gasteiger partial charge in [-0.25, -0.2) is 4.98 Å². The second-order valence-electron chi connectivity index (χ2n) is 6.19. The number of halogens is 1. The first-order valence-electron chi connectivity index (χ1n) is 8.87. The van der Waals surface area contributed by atoms with E-state index in [1.54, 1.807) is 6.08 Å². The number of hydrogen-bond acceptors (Lipinski definition) is 5. The second-order valence-corrected chi connectivity index (χ2v) is 8.10. The van der Waals surface area contributed by atoms with Crippen molar-refractivity contribution in [3.05, 3.63) is 64.8 Å². The summed E-state index contributed by atoms with van der Waals surface area (Å²) in [7, 11) is 0. The van der Waals surface area contributed by atoms with Crippen molar-refractivity contribution in [3.8, 4) is 5.75 Å². The summed E-state index contributed by atoms with van der Waals surface area (Å²) in [5, 5.41) is 8.11. The van der Waals surface area contributed by atoms with Gasteiger partial charge in [0.25, 0.3) is 5.91 Å². The van der Waals surface area contributed by atoms with Crippen LogP contribution in [0.4, 0.5) is 0 Å². The van der Waals surface area contributed by atoms with Gasteiger partial charge < -0.3 is 10.1 Å². The summed E-state index contributed by atoms with van der Waals surface area (Å²) in [6.07, 6.45) is 1.76. The molecule has 1 aliphatic heterocycles. The van der Waals surface area contributed by atoms with E-state index >= 15 is 0 Å². The summed E-state index contributed by atoms with van der Waals surface area (Å²) in [5.41, 5.74) is 2.02. The summed E-state index contributed by atoms with van der Waals surface area (Å²) >= 11 is 12.5.